The fourth-order valence-corrected chi connectivity index (χ4v) is 4.85. The van der Waals surface area contributed by atoms with Crippen LogP contribution in [0.5, 0.6) is 0 Å². The number of aryl methyl sites for hydroxylation is 1. The first-order chi connectivity index (χ1) is 16.4. The van der Waals surface area contributed by atoms with Crippen LogP contribution in [0.1, 0.15) is 54.2 Å². The van der Waals surface area contributed by atoms with Gasteiger partial charge in [-0.1, -0.05) is 17.7 Å². The van der Waals surface area contributed by atoms with Crippen LogP contribution in [0.25, 0.3) is 11.3 Å². The Kier molecular flexibility index (Phi) is 6.10. The molecule has 1 aliphatic heterocycles. The molecule has 176 valence electrons. The molecule has 3 aromatic heterocycles. The van der Waals surface area contributed by atoms with Gasteiger partial charge in [-0.2, -0.15) is 10.2 Å². The Morgan fingerprint density at radius 3 is 2.74 bits per heavy atom. The van der Waals surface area contributed by atoms with Crippen molar-refractivity contribution in [3.8, 4) is 5.69 Å². The number of amides is 1. The highest BCUT2D eigenvalue weighted by molar-refractivity contribution is 6.32. The summed E-state index contributed by atoms with van der Waals surface area (Å²) in [5, 5.41) is 12.8. The SMILES string of the molecule is Cc1ccc(-n2nc(C3CCN(C(C)C)CC3)cc2NC(=O)c2cnn3cccnc23)c(Cl)c1. The highest BCUT2D eigenvalue weighted by Gasteiger charge is 2.26. The van der Waals surface area contributed by atoms with E-state index in [1.165, 1.54) is 6.20 Å². The lowest BCUT2D eigenvalue weighted by Gasteiger charge is -2.33. The largest absolute Gasteiger partial charge is 0.306 e. The first kappa shape index (κ1) is 22.6. The van der Waals surface area contributed by atoms with Gasteiger partial charge in [-0.05, 0) is 70.5 Å². The number of anilines is 1. The molecule has 0 bridgehead atoms. The van der Waals surface area contributed by atoms with Gasteiger partial charge in [0.25, 0.3) is 5.91 Å². The molecule has 1 amide bonds. The molecule has 1 N–H and O–H groups in total. The molecule has 0 spiro atoms. The van der Waals surface area contributed by atoms with E-state index in [-0.39, 0.29) is 5.91 Å². The van der Waals surface area contributed by atoms with Gasteiger partial charge in [0.15, 0.2) is 5.65 Å². The molecule has 0 aliphatic carbocycles. The number of rotatable bonds is 5. The van der Waals surface area contributed by atoms with Gasteiger partial charge < -0.3 is 10.2 Å². The second kappa shape index (κ2) is 9.19. The van der Waals surface area contributed by atoms with Crippen molar-refractivity contribution in [2.75, 3.05) is 18.4 Å². The molecular weight excluding hydrogens is 450 g/mol. The summed E-state index contributed by atoms with van der Waals surface area (Å²) in [6.07, 6.45) is 6.99. The Bertz CT molecular complexity index is 1330. The van der Waals surface area contributed by atoms with Gasteiger partial charge in [-0.3, -0.25) is 4.79 Å². The van der Waals surface area contributed by atoms with E-state index in [2.05, 4.69) is 34.1 Å². The molecule has 9 heteroatoms. The molecular formula is C25H28ClN7O. The molecule has 1 fully saturated rings. The Hall–Kier alpha value is -3.23. The number of benzene rings is 1. The lowest BCUT2D eigenvalue weighted by molar-refractivity contribution is 0.102. The van der Waals surface area contributed by atoms with E-state index in [1.807, 2.05) is 31.2 Å². The number of carbonyl (C=O) groups is 1. The van der Waals surface area contributed by atoms with Crippen LogP contribution >= 0.6 is 11.6 Å². The molecule has 0 saturated carbocycles. The molecule has 1 aromatic carbocycles. The third kappa shape index (κ3) is 4.31. The average molecular weight is 478 g/mol. The van der Waals surface area contributed by atoms with E-state index in [4.69, 9.17) is 16.7 Å². The van der Waals surface area contributed by atoms with Gasteiger partial charge in [0, 0.05) is 30.4 Å². The van der Waals surface area contributed by atoms with Crippen molar-refractivity contribution in [2.45, 2.75) is 45.6 Å². The minimum Gasteiger partial charge on any atom is -0.306 e. The van der Waals surface area contributed by atoms with Crippen molar-refractivity contribution < 1.29 is 4.79 Å². The summed E-state index contributed by atoms with van der Waals surface area (Å²) in [6.45, 7) is 8.54. The fourth-order valence-electron chi connectivity index (χ4n) is 4.54. The molecule has 34 heavy (non-hydrogen) atoms. The van der Waals surface area contributed by atoms with Crippen molar-refractivity contribution in [3.63, 3.8) is 0 Å². The summed E-state index contributed by atoms with van der Waals surface area (Å²) in [5.74, 6) is 0.612. The number of nitrogens with one attached hydrogen (secondary N) is 1. The number of aromatic nitrogens is 5. The first-order valence-corrected chi connectivity index (χ1v) is 12.0. The maximum Gasteiger partial charge on any atom is 0.262 e. The van der Waals surface area contributed by atoms with Crippen molar-refractivity contribution in [3.05, 3.63) is 70.8 Å². The maximum atomic E-state index is 13.2. The summed E-state index contributed by atoms with van der Waals surface area (Å²) >= 11 is 6.60. The van der Waals surface area contributed by atoms with Crippen molar-refractivity contribution in [2.24, 2.45) is 0 Å². The minimum atomic E-state index is -0.292. The lowest BCUT2D eigenvalue weighted by Crippen LogP contribution is -2.37. The van der Waals surface area contributed by atoms with Crippen LogP contribution in [0, 0.1) is 6.92 Å². The van der Waals surface area contributed by atoms with Crippen LogP contribution in [-0.2, 0) is 0 Å². The molecule has 1 aliphatic rings. The lowest BCUT2D eigenvalue weighted by atomic mass is 9.93. The number of nitrogens with zero attached hydrogens (tertiary/aromatic N) is 6. The van der Waals surface area contributed by atoms with E-state index in [0.717, 1.165) is 42.9 Å². The molecule has 0 unspecified atom stereocenters. The van der Waals surface area contributed by atoms with Gasteiger partial charge in [-0.15, -0.1) is 0 Å². The predicted molar refractivity (Wildman–Crippen MR) is 133 cm³/mol. The van der Waals surface area contributed by atoms with Gasteiger partial charge in [0.05, 0.1) is 22.6 Å². The smallest absolute Gasteiger partial charge is 0.262 e. The normalized spacial score (nSPS) is 15.3. The molecule has 0 atom stereocenters. The third-order valence-corrected chi connectivity index (χ3v) is 6.81. The van der Waals surface area contributed by atoms with Crippen LogP contribution in [-0.4, -0.2) is 54.3 Å². The molecule has 4 heterocycles. The highest BCUT2D eigenvalue weighted by atomic mass is 35.5. The number of halogens is 1. The van der Waals surface area contributed by atoms with Gasteiger partial charge in [0.1, 0.15) is 11.4 Å². The van der Waals surface area contributed by atoms with Crippen LogP contribution < -0.4 is 5.32 Å². The van der Waals surface area contributed by atoms with Crippen LogP contribution in [0.3, 0.4) is 0 Å². The van der Waals surface area contributed by atoms with Gasteiger partial charge in [-0.25, -0.2) is 14.2 Å². The van der Waals surface area contributed by atoms with Gasteiger partial charge in [0.2, 0.25) is 0 Å². The second-order valence-electron chi connectivity index (χ2n) is 9.13. The zero-order chi connectivity index (χ0) is 23.8. The standard InChI is InChI=1S/C25H28ClN7O/c1-16(2)31-11-7-18(8-12-31)21-14-23(33(30-21)22-6-5-17(3)13-20(22)26)29-25(34)19-15-28-32-10-4-9-27-24(19)32/h4-6,9-10,13-16,18H,7-8,11-12H2,1-3H3,(H,29,34). The summed E-state index contributed by atoms with van der Waals surface area (Å²) in [7, 11) is 0. The number of hydrogen-bond acceptors (Lipinski definition) is 5. The van der Waals surface area contributed by atoms with Gasteiger partial charge >= 0.3 is 0 Å². The maximum absolute atomic E-state index is 13.2. The molecule has 8 nitrogen and oxygen atoms in total. The summed E-state index contributed by atoms with van der Waals surface area (Å²) in [5.41, 5.74) is 3.65. The zero-order valence-electron chi connectivity index (χ0n) is 19.6. The number of hydrogen-bond donors (Lipinski definition) is 1. The summed E-state index contributed by atoms with van der Waals surface area (Å²) in [4.78, 5) is 20.0. The number of fused-ring (bicyclic) bond motifs is 1. The van der Waals surface area contributed by atoms with Crippen molar-refractivity contribution in [1.82, 2.24) is 29.3 Å². The Morgan fingerprint density at radius 1 is 1.21 bits per heavy atom. The fraction of sp³-hybridized carbons (Fsp3) is 0.360. The molecule has 5 rings (SSSR count). The first-order valence-electron chi connectivity index (χ1n) is 11.6. The van der Waals surface area contributed by atoms with Crippen LogP contribution in [0.4, 0.5) is 5.82 Å². The highest BCUT2D eigenvalue weighted by Crippen LogP contribution is 2.32. The quantitative estimate of drug-likeness (QED) is 0.450. The van der Waals surface area contributed by atoms with E-state index in [1.54, 1.807) is 27.7 Å². The average Bonchev–Trinajstić information content (AvgIpc) is 3.44. The third-order valence-electron chi connectivity index (χ3n) is 6.50. The zero-order valence-corrected chi connectivity index (χ0v) is 20.3. The number of likely N-dealkylation sites (tertiary alicyclic amines) is 1. The number of carbonyl (C=O) groups excluding carboxylic acids is 1. The minimum absolute atomic E-state index is 0.292. The molecule has 1 saturated heterocycles. The predicted octanol–water partition coefficient (Wildman–Crippen LogP) is 4.72. The van der Waals surface area contributed by atoms with Crippen molar-refractivity contribution in [1.29, 1.82) is 0 Å². The Morgan fingerprint density at radius 2 is 2.00 bits per heavy atom. The number of piperidine rings is 1. The Balaban J connectivity index is 1.49. The summed E-state index contributed by atoms with van der Waals surface area (Å²) < 4.78 is 3.32. The van der Waals surface area contributed by atoms with E-state index in [9.17, 15) is 4.79 Å². The van der Waals surface area contributed by atoms with Crippen LogP contribution in [0.15, 0.2) is 48.9 Å². The van der Waals surface area contributed by atoms with Crippen LogP contribution in [0.2, 0.25) is 5.02 Å². The Labute approximate surface area is 203 Å². The van der Waals surface area contributed by atoms with Crippen molar-refractivity contribution >= 4 is 29.0 Å². The summed E-state index contributed by atoms with van der Waals surface area (Å²) in [6, 6.07) is 10.1. The van der Waals surface area contributed by atoms with E-state index in [0.29, 0.717) is 34.0 Å². The van der Waals surface area contributed by atoms with E-state index >= 15 is 0 Å². The topological polar surface area (TPSA) is 80.4 Å². The monoisotopic (exact) mass is 477 g/mol. The molecule has 4 aromatic rings. The molecule has 0 radical (unpaired) electrons. The van der Waals surface area contributed by atoms with E-state index < -0.39 is 0 Å². The second-order valence-corrected chi connectivity index (χ2v) is 9.53.